The van der Waals surface area contributed by atoms with Crippen molar-refractivity contribution in [3.05, 3.63) is 58.9 Å². The number of hydrogen-bond donors (Lipinski definition) is 2. The van der Waals surface area contributed by atoms with E-state index in [4.69, 9.17) is 11.6 Å². The average molecular weight is 418 g/mol. The zero-order valence-electron chi connectivity index (χ0n) is 15.4. The Morgan fingerprint density at radius 2 is 1.69 bits per heavy atom. The first-order valence-corrected chi connectivity index (χ1v) is 9.61. The largest absolute Gasteiger partial charge is 0.550 e. The van der Waals surface area contributed by atoms with Gasteiger partial charge < -0.3 is 20.5 Å². The molecule has 2 aromatic rings. The van der Waals surface area contributed by atoms with Crippen LogP contribution in [-0.2, 0) is 9.59 Å². The van der Waals surface area contributed by atoms with Gasteiger partial charge in [-0.2, -0.15) is 0 Å². The SMILES string of the molecule is O=C(Nc1ccc(F)c(Cl)c1)c1ccccc1NC(=O)C1CCCCC1C(=O)[O-]. The molecule has 0 aliphatic heterocycles. The summed E-state index contributed by atoms with van der Waals surface area (Å²) in [6.45, 7) is 0. The minimum absolute atomic E-state index is 0.130. The molecule has 2 unspecified atom stereocenters. The number of halogens is 2. The molecule has 1 aliphatic rings. The maximum Gasteiger partial charge on any atom is 0.257 e. The number of carbonyl (C=O) groups is 3. The van der Waals surface area contributed by atoms with Crippen molar-refractivity contribution in [1.82, 2.24) is 0 Å². The maximum atomic E-state index is 13.3. The van der Waals surface area contributed by atoms with E-state index in [9.17, 15) is 23.9 Å². The molecule has 0 saturated heterocycles. The van der Waals surface area contributed by atoms with Crippen LogP contribution in [-0.4, -0.2) is 17.8 Å². The number of carboxylic acid groups (broad SMARTS) is 1. The second-order valence-corrected chi connectivity index (χ2v) is 7.34. The van der Waals surface area contributed by atoms with Crippen LogP contribution in [0.1, 0.15) is 36.0 Å². The molecule has 1 aliphatic carbocycles. The summed E-state index contributed by atoms with van der Waals surface area (Å²) in [6.07, 6.45) is 2.35. The Morgan fingerprint density at radius 3 is 2.38 bits per heavy atom. The van der Waals surface area contributed by atoms with E-state index < -0.39 is 35.4 Å². The van der Waals surface area contributed by atoms with Crippen LogP contribution in [0, 0.1) is 17.7 Å². The second kappa shape index (κ2) is 9.05. The number of amides is 2. The van der Waals surface area contributed by atoms with Gasteiger partial charge in [-0.3, -0.25) is 9.59 Å². The molecule has 152 valence electrons. The monoisotopic (exact) mass is 417 g/mol. The maximum absolute atomic E-state index is 13.3. The predicted octanol–water partition coefficient (Wildman–Crippen LogP) is 3.23. The molecule has 2 N–H and O–H groups in total. The Balaban J connectivity index is 1.77. The molecule has 0 aromatic heterocycles. The van der Waals surface area contributed by atoms with Crippen LogP contribution >= 0.6 is 11.6 Å². The fourth-order valence-corrected chi connectivity index (χ4v) is 3.70. The van der Waals surface area contributed by atoms with Crippen molar-refractivity contribution in [3.8, 4) is 0 Å². The Morgan fingerprint density at radius 1 is 1.00 bits per heavy atom. The van der Waals surface area contributed by atoms with Crippen molar-refractivity contribution in [2.45, 2.75) is 25.7 Å². The summed E-state index contributed by atoms with van der Waals surface area (Å²) < 4.78 is 13.3. The van der Waals surface area contributed by atoms with Crippen molar-refractivity contribution >= 4 is 40.8 Å². The molecule has 1 saturated carbocycles. The summed E-state index contributed by atoms with van der Waals surface area (Å²) >= 11 is 5.73. The first-order valence-electron chi connectivity index (χ1n) is 9.24. The molecular weight excluding hydrogens is 399 g/mol. The first-order chi connectivity index (χ1) is 13.9. The normalized spacial score (nSPS) is 18.7. The van der Waals surface area contributed by atoms with Crippen LogP contribution in [0.3, 0.4) is 0 Å². The summed E-state index contributed by atoms with van der Waals surface area (Å²) in [7, 11) is 0. The van der Waals surface area contributed by atoms with Gasteiger partial charge in [0.1, 0.15) is 5.82 Å². The molecule has 2 aromatic carbocycles. The molecule has 29 heavy (non-hydrogen) atoms. The highest BCUT2D eigenvalue weighted by Gasteiger charge is 2.32. The van der Waals surface area contributed by atoms with Gasteiger partial charge in [-0.15, -0.1) is 0 Å². The number of rotatable bonds is 5. The summed E-state index contributed by atoms with van der Waals surface area (Å²) in [4.78, 5) is 36.7. The number of carbonyl (C=O) groups excluding carboxylic acids is 3. The minimum atomic E-state index is -1.23. The fraction of sp³-hybridized carbons (Fsp3) is 0.286. The lowest BCUT2D eigenvalue weighted by atomic mass is 9.78. The predicted molar refractivity (Wildman–Crippen MR) is 105 cm³/mol. The molecule has 2 amide bonds. The Labute approximate surface area is 172 Å². The number of hydrogen-bond acceptors (Lipinski definition) is 4. The highest BCUT2D eigenvalue weighted by atomic mass is 35.5. The lowest BCUT2D eigenvalue weighted by Gasteiger charge is -2.31. The lowest BCUT2D eigenvalue weighted by molar-refractivity contribution is -0.313. The Hall–Kier alpha value is -2.93. The molecule has 8 heteroatoms. The number of nitrogens with one attached hydrogen (secondary N) is 2. The van der Waals surface area contributed by atoms with Crippen molar-refractivity contribution in [1.29, 1.82) is 0 Å². The van der Waals surface area contributed by atoms with E-state index in [1.54, 1.807) is 18.2 Å². The van der Waals surface area contributed by atoms with Gasteiger partial charge in [0.25, 0.3) is 5.91 Å². The highest BCUT2D eigenvalue weighted by molar-refractivity contribution is 6.31. The zero-order valence-corrected chi connectivity index (χ0v) is 16.2. The quantitative estimate of drug-likeness (QED) is 0.780. The van der Waals surface area contributed by atoms with Crippen LogP contribution < -0.4 is 15.7 Å². The van der Waals surface area contributed by atoms with E-state index in [0.717, 1.165) is 18.9 Å². The van der Waals surface area contributed by atoms with Gasteiger partial charge in [0.05, 0.1) is 16.3 Å². The van der Waals surface area contributed by atoms with Crippen molar-refractivity contribution in [2.24, 2.45) is 11.8 Å². The van der Waals surface area contributed by atoms with Crippen molar-refractivity contribution in [3.63, 3.8) is 0 Å². The van der Waals surface area contributed by atoms with Crippen LogP contribution in [0.5, 0.6) is 0 Å². The van der Waals surface area contributed by atoms with E-state index in [-0.39, 0.29) is 16.3 Å². The number of para-hydroxylation sites is 1. The zero-order chi connectivity index (χ0) is 21.0. The number of aliphatic carboxylic acids is 1. The third-order valence-corrected chi connectivity index (χ3v) is 5.30. The number of carboxylic acids is 1. The van der Waals surface area contributed by atoms with E-state index >= 15 is 0 Å². The molecular formula is C21H19ClFN2O4-. The van der Waals surface area contributed by atoms with Gasteiger partial charge in [-0.05, 0) is 43.2 Å². The minimum Gasteiger partial charge on any atom is -0.550 e. The summed E-state index contributed by atoms with van der Waals surface area (Å²) in [5, 5.41) is 16.5. The third-order valence-electron chi connectivity index (χ3n) is 5.01. The molecule has 0 heterocycles. The molecule has 1 fully saturated rings. The van der Waals surface area contributed by atoms with Gasteiger partial charge >= 0.3 is 0 Å². The van der Waals surface area contributed by atoms with Gasteiger partial charge in [-0.25, -0.2) is 4.39 Å². The average Bonchev–Trinajstić information content (AvgIpc) is 2.71. The fourth-order valence-electron chi connectivity index (χ4n) is 3.51. The van der Waals surface area contributed by atoms with Crippen molar-refractivity contribution in [2.75, 3.05) is 10.6 Å². The smallest absolute Gasteiger partial charge is 0.257 e. The topological polar surface area (TPSA) is 98.3 Å². The third kappa shape index (κ3) is 4.92. The highest BCUT2D eigenvalue weighted by Crippen LogP contribution is 2.31. The molecule has 0 spiro atoms. The van der Waals surface area contributed by atoms with E-state index in [1.165, 1.54) is 18.2 Å². The van der Waals surface area contributed by atoms with Crippen LogP contribution in [0.25, 0.3) is 0 Å². The van der Waals surface area contributed by atoms with Crippen molar-refractivity contribution < 1.29 is 23.9 Å². The van der Waals surface area contributed by atoms with E-state index in [2.05, 4.69) is 10.6 Å². The van der Waals surface area contributed by atoms with Gasteiger partial charge in [0, 0.05) is 23.5 Å². The van der Waals surface area contributed by atoms with Crippen LogP contribution in [0.2, 0.25) is 5.02 Å². The summed E-state index contributed by atoms with van der Waals surface area (Å²) in [5.41, 5.74) is 0.736. The molecule has 2 atom stereocenters. The summed E-state index contributed by atoms with van der Waals surface area (Å²) in [6, 6.07) is 10.1. The molecule has 0 bridgehead atoms. The van der Waals surface area contributed by atoms with Gasteiger partial charge in [0.2, 0.25) is 5.91 Å². The Kier molecular flexibility index (Phi) is 6.49. The van der Waals surface area contributed by atoms with Gasteiger partial charge in [0.15, 0.2) is 0 Å². The van der Waals surface area contributed by atoms with Crippen LogP contribution in [0.15, 0.2) is 42.5 Å². The van der Waals surface area contributed by atoms with Gasteiger partial charge in [-0.1, -0.05) is 36.6 Å². The Bertz CT molecular complexity index is 950. The standard InChI is InChI=1S/C21H20ClFN2O4/c22-16-11-12(9-10-17(16)23)24-20(27)15-7-3-4-8-18(15)25-19(26)13-5-1-2-6-14(13)21(28)29/h3-4,7-11,13-14H,1-2,5-6H2,(H,24,27)(H,25,26)(H,28,29)/p-1. The van der Waals surface area contributed by atoms with E-state index in [0.29, 0.717) is 18.5 Å². The summed E-state index contributed by atoms with van der Waals surface area (Å²) in [5.74, 6) is -4.36. The number of benzene rings is 2. The first kappa shape index (κ1) is 20.8. The lowest BCUT2D eigenvalue weighted by Crippen LogP contribution is -2.42. The van der Waals surface area contributed by atoms with E-state index in [1.807, 2.05) is 0 Å². The molecule has 6 nitrogen and oxygen atoms in total. The van der Waals surface area contributed by atoms with Crippen LogP contribution in [0.4, 0.5) is 15.8 Å². The second-order valence-electron chi connectivity index (χ2n) is 6.93. The molecule has 0 radical (unpaired) electrons. The molecule has 3 rings (SSSR count). The number of anilines is 2.